The van der Waals surface area contributed by atoms with Crippen molar-refractivity contribution in [3.8, 4) is 17.6 Å². The smallest absolute Gasteiger partial charge is 0.414 e. The summed E-state index contributed by atoms with van der Waals surface area (Å²) in [6.07, 6.45) is 4.28. The minimum Gasteiger partial charge on any atom is -0.443 e. The van der Waals surface area contributed by atoms with E-state index in [1.54, 1.807) is 23.4 Å². The zero-order valence-corrected chi connectivity index (χ0v) is 22.0. The fraction of sp³-hybridized carbons (Fsp3) is 0.462. The van der Waals surface area contributed by atoms with Crippen molar-refractivity contribution in [2.24, 2.45) is 0 Å². The molecule has 1 aliphatic rings. The number of halogens is 1. The summed E-state index contributed by atoms with van der Waals surface area (Å²) in [5.41, 5.74) is 1.24. The van der Waals surface area contributed by atoms with Crippen LogP contribution in [0, 0.1) is 11.8 Å². The van der Waals surface area contributed by atoms with Gasteiger partial charge in [0.15, 0.2) is 0 Å². The van der Waals surface area contributed by atoms with Crippen LogP contribution in [0.5, 0.6) is 5.75 Å². The predicted octanol–water partition coefficient (Wildman–Crippen LogP) is 5.63. The second kappa shape index (κ2) is 13.7. The normalized spacial score (nSPS) is 11.8. The van der Waals surface area contributed by atoms with Gasteiger partial charge in [0, 0.05) is 37.0 Å². The number of fused-ring (bicyclic) bond motifs is 3. The number of carbonyl (C=O) groups is 2. The second-order valence-corrected chi connectivity index (χ2v) is 8.72. The molecule has 0 spiro atoms. The lowest BCUT2D eigenvalue weighted by Gasteiger charge is -2.25. The predicted molar refractivity (Wildman–Crippen MR) is 140 cm³/mol. The molecule has 0 bridgehead atoms. The van der Waals surface area contributed by atoms with Gasteiger partial charge >= 0.3 is 12.2 Å². The van der Waals surface area contributed by atoms with Gasteiger partial charge in [0.2, 0.25) is 0 Å². The van der Waals surface area contributed by atoms with Gasteiger partial charge < -0.3 is 19.7 Å². The lowest BCUT2D eigenvalue weighted by molar-refractivity contribution is 0.0584. The molecule has 2 aromatic carbocycles. The standard InChI is InChI=1S/C21H26N2O4.C3H9N.C2HCl/c1-6-22(5)19(24)26-18-13-17-15(14-9-7-8-10-16(14)18)11-12-23(17)20(25)27-21(2,3)4;1-3-4-2;1-2-3/h7-10,13H,6,11-12H2,1-5H3;4H,3H2,1-2H3;1H. The molecule has 1 heterocycles. The van der Waals surface area contributed by atoms with E-state index in [9.17, 15) is 9.59 Å². The van der Waals surface area contributed by atoms with Crippen molar-refractivity contribution in [3.63, 3.8) is 0 Å². The molecule has 0 aliphatic carbocycles. The van der Waals surface area contributed by atoms with Crippen LogP contribution in [0.2, 0.25) is 0 Å². The Kier molecular flexibility index (Phi) is 11.7. The van der Waals surface area contributed by atoms with Crippen LogP contribution in [0.25, 0.3) is 10.8 Å². The summed E-state index contributed by atoms with van der Waals surface area (Å²) in [5.74, 6) is 0.449. The first-order chi connectivity index (χ1) is 16.0. The van der Waals surface area contributed by atoms with Crippen molar-refractivity contribution in [3.05, 3.63) is 35.9 Å². The summed E-state index contributed by atoms with van der Waals surface area (Å²) in [7, 11) is 3.62. The van der Waals surface area contributed by atoms with Gasteiger partial charge in [0.1, 0.15) is 11.4 Å². The quantitative estimate of drug-likeness (QED) is 0.566. The Morgan fingerprint density at radius 3 is 2.29 bits per heavy atom. The highest BCUT2D eigenvalue weighted by molar-refractivity contribution is 6.29. The number of hydrogen-bond acceptors (Lipinski definition) is 5. The molecule has 186 valence electrons. The van der Waals surface area contributed by atoms with Crippen molar-refractivity contribution in [1.29, 1.82) is 0 Å². The summed E-state index contributed by atoms with van der Waals surface area (Å²) < 4.78 is 11.2. The highest BCUT2D eigenvalue weighted by Gasteiger charge is 2.31. The van der Waals surface area contributed by atoms with E-state index in [1.165, 1.54) is 4.90 Å². The van der Waals surface area contributed by atoms with E-state index < -0.39 is 11.7 Å². The van der Waals surface area contributed by atoms with Crippen LogP contribution >= 0.6 is 11.6 Å². The highest BCUT2D eigenvalue weighted by Crippen LogP contribution is 2.40. The van der Waals surface area contributed by atoms with Crippen molar-refractivity contribution in [1.82, 2.24) is 10.2 Å². The van der Waals surface area contributed by atoms with Gasteiger partial charge in [0.05, 0.1) is 5.69 Å². The average Bonchev–Trinajstić information content (AvgIpc) is 3.22. The van der Waals surface area contributed by atoms with Gasteiger partial charge in [-0.1, -0.05) is 31.2 Å². The zero-order valence-electron chi connectivity index (χ0n) is 21.2. The van der Waals surface area contributed by atoms with Gasteiger partial charge in [0.25, 0.3) is 0 Å². The van der Waals surface area contributed by atoms with Gasteiger partial charge in [-0.3, -0.25) is 4.90 Å². The number of carbonyl (C=O) groups excluding carboxylic acids is 2. The molecule has 2 aromatic rings. The first kappa shape index (κ1) is 29.1. The van der Waals surface area contributed by atoms with Crippen LogP contribution in [0.15, 0.2) is 30.3 Å². The Bertz CT molecular complexity index is 1010. The zero-order chi connectivity index (χ0) is 25.9. The van der Waals surface area contributed by atoms with Crippen molar-refractivity contribution >= 4 is 40.2 Å². The molecule has 0 unspecified atom stereocenters. The molecule has 0 atom stereocenters. The number of rotatable bonds is 3. The number of terminal acetylenes is 1. The number of hydrogen-bond donors (Lipinski definition) is 1. The fourth-order valence-corrected chi connectivity index (χ4v) is 3.13. The summed E-state index contributed by atoms with van der Waals surface area (Å²) in [5, 5.41) is 6.50. The minimum atomic E-state index is -0.574. The topological polar surface area (TPSA) is 71.1 Å². The Morgan fingerprint density at radius 2 is 1.79 bits per heavy atom. The maximum Gasteiger partial charge on any atom is 0.414 e. The van der Waals surface area contributed by atoms with E-state index in [-0.39, 0.29) is 6.09 Å². The molecule has 2 amide bonds. The first-order valence-corrected chi connectivity index (χ1v) is 11.6. The van der Waals surface area contributed by atoms with Crippen molar-refractivity contribution < 1.29 is 19.1 Å². The van der Waals surface area contributed by atoms with Gasteiger partial charge in [-0.25, -0.2) is 9.59 Å². The fourth-order valence-electron chi connectivity index (χ4n) is 3.13. The number of nitrogens with one attached hydrogen (secondary N) is 1. The molecule has 0 aromatic heterocycles. The van der Waals surface area contributed by atoms with Crippen LogP contribution in [0.1, 0.15) is 40.2 Å². The molecule has 0 saturated heterocycles. The van der Waals surface area contributed by atoms with E-state index in [4.69, 9.17) is 9.47 Å². The molecule has 1 aliphatic heterocycles. The van der Waals surface area contributed by atoms with E-state index in [0.717, 1.165) is 35.0 Å². The molecule has 0 fully saturated rings. The monoisotopic (exact) mass is 489 g/mol. The van der Waals surface area contributed by atoms with Crippen LogP contribution in [0.3, 0.4) is 0 Å². The number of amides is 2. The molecule has 1 N–H and O–H groups in total. The van der Waals surface area contributed by atoms with Gasteiger partial charge in [-0.15, -0.1) is 6.42 Å². The largest absolute Gasteiger partial charge is 0.443 e. The third-order valence-corrected chi connectivity index (χ3v) is 4.92. The lowest BCUT2D eigenvalue weighted by atomic mass is 10.0. The molecule has 3 rings (SSSR count). The van der Waals surface area contributed by atoms with E-state index in [1.807, 2.05) is 59.0 Å². The number of anilines is 1. The lowest BCUT2D eigenvalue weighted by Crippen LogP contribution is -2.35. The SMILES string of the molecule is C#CCl.CCN(C)C(=O)Oc1cc2c(c3ccccc13)CCN2C(=O)OC(C)(C)C.CCNC. The second-order valence-electron chi connectivity index (χ2n) is 8.50. The third kappa shape index (κ3) is 8.12. The van der Waals surface area contributed by atoms with Crippen LogP contribution in [-0.4, -0.2) is 56.4 Å². The maximum atomic E-state index is 12.6. The van der Waals surface area contributed by atoms with E-state index in [0.29, 0.717) is 18.8 Å². The summed E-state index contributed by atoms with van der Waals surface area (Å²) in [6, 6.07) is 9.56. The number of nitrogens with zero attached hydrogens (tertiary/aromatic N) is 2. The van der Waals surface area contributed by atoms with Crippen molar-refractivity contribution in [2.75, 3.05) is 38.6 Å². The van der Waals surface area contributed by atoms with Gasteiger partial charge in [-0.2, -0.15) is 0 Å². The summed E-state index contributed by atoms with van der Waals surface area (Å²) >= 11 is 4.53. The molecule has 34 heavy (non-hydrogen) atoms. The highest BCUT2D eigenvalue weighted by atomic mass is 35.5. The average molecular weight is 490 g/mol. The van der Waals surface area contributed by atoms with Crippen LogP contribution in [-0.2, 0) is 11.2 Å². The number of benzene rings is 2. The summed E-state index contributed by atoms with van der Waals surface area (Å²) in [6.45, 7) is 11.6. The Hall–Kier alpha value is -2.95. The first-order valence-electron chi connectivity index (χ1n) is 11.2. The molecular weight excluding hydrogens is 454 g/mol. The summed E-state index contributed by atoms with van der Waals surface area (Å²) in [4.78, 5) is 28.0. The van der Waals surface area contributed by atoms with Gasteiger partial charge in [-0.05, 0) is 70.3 Å². The third-order valence-electron chi connectivity index (χ3n) is 4.92. The molecule has 7 nitrogen and oxygen atoms in total. The molecule has 0 radical (unpaired) electrons. The number of ether oxygens (including phenoxy) is 2. The maximum absolute atomic E-state index is 12.6. The Balaban J connectivity index is 0.000000732. The Labute approximate surface area is 208 Å². The van der Waals surface area contributed by atoms with E-state index >= 15 is 0 Å². The minimum absolute atomic E-state index is 0.389. The van der Waals surface area contributed by atoms with Crippen molar-refractivity contribution in [2.45, 2.75) is 46.6 Å². The molecular formula is C26H36ClN3O4. The molecule has 8 heteroatoms. The van der Waals surface area contributed by atoms with E-state index in [2.05, 4.69) is 30.3 Å². The molecule has 0 saturated carbocycles. The van der Waals surface area contributed by atoms with Crippen LogP contribution in [0.4, 0.5) is 15.3 Å². The van der Waals surface area contributed by atoms with Crippen LogP contribution < -0.4 is 15.0 Å². The Morgan fingerprint density at radius 1 is 1.24 bits per heavy atom.